The van der Waals surface area contributed by atoms with E-state index in [1.165, 1.54) is 25.3 Å². The van der Waals surface area contributed by atoms with E-state index in [-0.39, 0.29) is 22.0 Å². The number of hydrogen-bond donors (Lipinski definition) is 3. The van der Waals surface area contributed by atoms with Gasteiger partial charge in [0.1, 0.15) is 17.2 Å². The zero-order chi connectivity index (χ0) is 22.9. The molecule has 10 heteroatoms. The number of halogens is 1. The number of phenols is 1. The van der Waals surface area contributed by atoms with Gasteiger partial charge in [-0.05, 0) is 54.1 Å². The number of carbonyl (C=O) groups is 1. The van der Waals surface area contributed by atoms with Crippen molar-refractivity contribution >= 4 is 38.9 Å². The summed E-state index contributed by atoms with van der Waals surface area (Å²) in [5.74, 6) is 0.0885. The van der Waals surface area contributed by atoms with Crippen LogP contribution < -0.4 is 19.5 Å². The Morgan fingerprint density at radius 1 is 1.12 bits per heavy atom. The molecular weight excluding hydrogens is 456 g/mol. The highest BCUT2D eigenvalue weighted by molar-refractivity contribution is 7.92. The Balaban J connectivity index is 1.53. The van der Waals surface area contributed by atoms with Crippen molar-refractivity contribution in [3.63, 3.8) is 0 Å². The molecule has 0 unspecified atom stereocenters. The minimum absolute atomic E-state index is 0.0597. The fourth-order valence-electron chi connectivity index (χ4n) is 3.29. The lowest BCUT2D eigenvalue weighted by atomic mass is 10.1. The minimum Gasteiger partial charge on any atom is -0.506 e. The van der Waals surface area contributed by atoms with Gasteiger partial charge in [-0.3, -0.25) is 9.52 Å². The summed E-state index contributed by atoms with van der Waals surface area (Å²) in [7, 11) is -2.60. The Kier molecular flexibility index (Phi) is 5.86. The molecule has 0 bridgehead atoms. The minimum atomic E-state index is -4.03. The molecule has 1 heterocycles. The predicted molar refractivity (Wildman–Crippen MR) is 120 cm³/mol. The van der Waals surface area contributed by atoms with Crippen LogP contribution >= 0.6 is 11.6 Å². The molecule has 0 saturated carbocycles. The topological polar surface area (TPSA) is 114 Å². The van der Waals surface area contributed by atoms with Crippen LogP contribution in [0.15, 0.2) is 65.6 Å². The summed E-state index contributed by atoms with van der Waals surface area (Å²) in [6.45, 7) is 0. The molecule has 8 nitrogen and oxygen atoms in total. The van der Waals surface area contributed by atoms with E-state index in [2.05, 4.69) is 10.0 Å². The third kappa shape index (κ3) is 4.44. The van der Waals surface area contributed by atoms with E-state index >= 15 is 0 Å². The van der Waals surface area contributed by atoms with Gasteiger partial charge in [-0.25, -0.2) is 8.42 Å². The maximum Gasteiger partial charge on any atom is 0.265 e. The van der Waals surface area contributed by atoms with Crippen LogP contribution in [0.25, 0.3) is 0 Å². The van der Waals surface area contributed by atoms with E-state index in [4.69, 9.17) is 21.1 Å². The average Bonchev–Trinajstić information content (AvgIpc) is 3.18. The lowest BCUT2D eigenvalue weighted by Gasteiger charge is -2.15. The van der Waals surface area contributed by atoms with Crippen molar-refractivity contribution in [2.75, 3.05) is 17.1 Å². The number of sulfonamides is 1. The number of benzene rings is 3. The summed E-state index contributed by atoms with van der Waals surface area (Å²) in [5.41, 5.74) is 0.985. The molecule has 4 rings (SSSR count). The Hall–Kier alpha value is -3.43. The normalized spacial score (nSPS) is 14.9. The molecule has 1 amide bonds. The van der Waals surface area contributed by atoms with Crippen LogP contribution in [0.2, 0.25) is 5.02 Å². The second-order valence-electron chi connectivity index (χ2n) is 7.04. The van der Waals surface area contributed by atoms with Crippen molar-refractivity contribution in [3.05, 3.63) is 71.2 Å². The van der Waals surface area contributed by atoms with E-state index < -0.39 is 22.0 Å². The monoisotopic (exact) mass is 474 g/mol. The van der Waals surface area contributed by atoms with Crippen LogP contribution in [-0.4, -0.2) is 32.6 Å². The van der Waals surface area contributed by atoms with E-state index in [1.807, 2.05) is 0 Å². The molecule has 1 aliphatic rings. The molecule has 3 N–H and O–H groups in total. The van der Waals surface area contributed by atoms with E-state index in [0.717, 1.165) is 5.56 Å². The summed E-state index contributed by atoms with van der Waals surface area (Å²) >= 11 is 5.98. The predicted octanol–water partition coefficient (Wildman–Crippen LogP) is 3.80. The van der Waals surface area contributed by atoms with Gasteiger partial charge in [0.05, 0.1) is 23.4 Å². The van der Waals surface area contributed by atoms with Crippen molar-refractivity contribution in [2.45, 2.75) is 17.4 Å². The number of methoxy groups -OCH3 is 1. The molecule has 0 radical (unpaired) electrons. The quantitative estimate of drug-likeness (QED) is 0.468. The van der Waals surface area contributed by atoms with E-state index in [9.17, 15) is 18.3 Å². The first kappa shape index (κ1) is 21.8. The molecule has 3 aromatic carbocycles. The third-order valence-electron chi connectivity index (χ3n) is 4.88. The number of carbonyl (C=O) groups excluding carboxylic acids is 1. The van der Waals surface area contributed by atoms with Crippen molar-refractivity contribution in [1.82, 2.24) is 0 Å². The number of amides is 1. The molecular formula is C22H19ClN2O6S. The van der Waals surface area contributed by atoms with Gasteiger partial charge >= 0.3 is 0 Å². The van der Waals surface area contributed by atoms with Gasteiger partial charge < -0.3 is 19.9 Å². The SMILES string of the molecule is COc1ccccc1NS(=O)(=O)c1ccc(O)c(NC(=O)[C@@H]2Cc3cc(Cl)ccc3O2)c1. The van der Waals surface area contributed by atoms with Gasteiger partial charge in [0.25, 0.3) is 15.9 Å². The summed E-state index contributed by atoms with van der Waals surface area (Å²) in [6, 6.07) is 15.2. The van der Waals surface area contributed by atoms with Gasteiger partial charge in [0.15, 0.2) is 6.10 Å². The molecule has 1 atom stereocenters. The number of fused-ring (bicyclic) bond motifs is 1. The Labute approximate surface area is 189 Å². The van der Waals surface area contributed by atoms with Gasteiger partial charge in [0, 0.05) is 11.4 Å². The summed E-state index contributed by atoms with van der Waals surface area (Å²) < 4.78 is 39.0. The average molecular weight is 475 g/mol. The van der Waals surface area contributed by atoms with Gasteiger partial charge in [-0.2, -0.15) is 0 Å². The van der Waals surface area contributed by atoms with Crippen LogP contribution in [0.3, 0.4) is 0 Å². The van der Waals surface area contributed by atoms with Crippen LogP contribution in [0, 0.1) is 0 Å². The second-order valence-corrected chi connectivity index (χ2v) is 9.16. The molecule has 1 aliphatic heterocycles. The van der Waals surface area contributed by atoms with Crippen molar-refractivity contribution in [1.29, 1.82) is 0 Å². The zero-order valence-corrected chi connectivity index (χ0v) is 18.4. The highest BCUT2D eigenvalue weighted by Gasteiger charge is 2.30. The second kappa shape index (κ2) is 8.60. The van der Waals surface area contributed by atoms with E-state index in [1.54, 1.807) is 42.5 Å². The van der Waals surface area contributed by atoms with Gasteiger partial charge in [-0.1, -0.05) is 23.7 Å². The first-order valence-corrected chi connectivity index (χ1v) is 11.4. The largest absolute Gasteiger partial charge is 0.506 e. The summed E-state index contributed by atoms with van der Waals surface area (Å²) in [5, 5.41) is 13.2. The number of para-hydroxylation sites is 2. The number of aromatic hydroxyl groups is 1. The Bertz CT molecular complexity index is 1300. The number of nitrogens with one attached hydrogen (secondary N) is 2. The fourth-order valence-corrected chi connectivity index (χ4v) is 4.58. The van der Waals surface area contributed by atoms with Crippen LogP contribution in [0.1, 0.15) is 5.56 Å². The summed E-state index contributed by atoms with van der Waals surface area (Å²) in [4.78, 5) is 12.5. The van der Waals surface area contributed by atoms with E-state index in [0.29, 0.717) is 22.9 Å². The first-order chi connectivity index (χ1) is 15.3. The Morgan fingerprint density at radius 3 is 2.69 bits per heavy atom. The Morgan fingerprint density at radius 2 is 1.91 bits per heavy atom. The molecule has 0 spiro atoms. The van der Waals surface area contributed by atoms with Crippen molar-refractivity contribution in [2.24, 2.45) is 0 Å². The molecule has 0 fully saturated rings. The van der Waals surface area contributed by atoms with Crippen molar-refractivity contribution < 1.29 is 27.8 Å². The van der Waals surface area contributed by atoms with Crippen molar-refractivity contribution in [3.8, 4) is 17.2 Å². The number of rotatable bonds is 6. The number of ether oxygens (including phenoxy) is 2. The summed E-state index contributed by atoms with van der Waals surface area (Å²) in [6.07, 6.45) is -0.537. The van der Waals surface area contributed by atoms with Crippen LogP contribution in [0.4, 0.5) is 11.4 Å². The molecule has 32 heavy (non-hydrogen) atoms. The third-order valence-corrected chi connectivity index (χ3v) is 6.48. The molecule has 0 saturated heterocycles. The standard InChI is InChI=1S/C22H19ClN2O6S/c1-30-20-5-3-2-4-16(20)25-32(28,29)15-7-8-18(26)17(12-15)24-22(27)21-11-13-10-14(23)6-9-19(13)31-21/h2-10,12,21,25-26H,11H2,1H3,(H,24,27)/t21-/m0/s1. The maximum atomic E-state index is 12.9. The maximum absolute atomic E-state index is 12.9. The number of anilines is 2. The highest BCUT2D eigenvalue weighted by Crippen LogP contribution is 2.33. The lowest BCUT2D eigenvalue weighted by molar-refractivity contribution is -0.122. The zero-order valence-electron chi connectivity index (χ0n) is 16.8. The smallest absolute Gasteiger partial charge is 0.265 e. The number of phenolic OH excluding ortho intramolecular Hbond substituents is 1. The highest BCUT2D eigenvalue weighted by atomic mass is 35.5. The molecule has 3 aromatic rings. The first-order valence-electron chi connectivity index (χ1n) is 9.51. The van der Waals surface area contributed by atoms with Crippen LogP contribution in [-0.2, 0) is 21.2 Å². The fraction of sp³-hybridized carbons (Fsp3) is 0.136. The lowest BCUT2D eigenvalue weighted by Crippen LogP contribution is -2.31. The molecule has 0 aromatic heterocycles. The molecule has 166 valence electrons. The van der Waals surface area contributed by atoms with Gasteiger partial charge in [-0.15, -0.1) is 0 Å². The van der Waals surface area contributed by atoms with Gasteiger partial charge in [0.2, 0.25) is 0 Å². The van der Waals surface area contributed by atoms with Crippen LogP contribution in [0.5, 0.6) is 17.2 Å². The number of hydrogen-bond acceptors (Lipinski definition) is 6. The molecule has 0 aliphatic carbocycles.